The molecule has 200 valence electrons. The molecule has 0 aromatic heterocycles. The average molecular weight is 529 g/mol. The molecule has 1 saturated heterocycles. The van der Waals surface area contributed by atoms with Crippen molar-refractivity contribution < 1.29 is 28.9 Å². The van der Waals surface area contributed by atoms with E-state index in [1.165, 1.54) is 6.07 Å². The van der Waals surface area contributed by atoms with Gasteiger partial charge in [-0.2, -0.15) is 0 Å². The number of rotatable bonds is 7. The summed E-state index contributed by atoms with van der Waals surface area (Å²) >= 11 is 0. The molecule has 0 radical (unpaired) electrons. The van der Waals surface area contributed by atoms with Crippen LogP contribution in [0.4, 0.5) is 4.79 Å². The maximum absolute atomic E-state index is 14.1. The topological polar surface area (TPSA) is 134 Å². The van der Waals surface area contributed by atoms with Gasteiger partial charge in [0.2, 0.25) is 5.91 Å². The molecule has 2 heterocycles. The Bertz CT molecular complexity index is 1370. The van der Waals surface area contributed by atoms with Crippen molar-refractivity contribution in [3.63, 3.8) is 0 Å². The number of aliphatic hydroxyl groups excluding tert-OH is 1. The van der Waals surface area contributed by atoms with Crippen molar-refractivity contribution in [2.24, 2.45) is 11.0 Å². The molecule has 10 nitrogen and oxygen atoms in total. The molecule has 0 bridgehead atoms. The number of amides is 2. The molecule has 1 N–H and O–H groups in total. The van der Waals surface area contributed by atoms with E-state index in [2.05, 4.69) is 10.0 Å². The summed E-state index contributed by atoms with van der Waals surface area (Å²) in [5.41, 5.74) is 9.65. The summed E-state index contributed by atoms with van der Waals surface area (Å²) in [6.07, 6.45) is -2.45. The molecule has 0 saturated carbocycles. The van der Waals surface area contributed by atoms with Crippen molar-refractivity contribution in [3.8, 4) is 11.5 Å². The Hall–Kier alpha value is -4.53. The van der Waals surface area contributed by atoms with Gasteiger partial charge < -0.3 is 19.3 Å². The van der Waals surface area contributed by atoms with Gasteiger partial charge in [-0.1, -0.05) is 85.7 Å². The van der Waals surface area contributed by atoms with E-state index in [-0.39, 0.29) is 11.5 Å². The number of hydrogen-bond donors (Lipinski definition) is 1. The van der Waals surface area contributed by atoms with Gasteiger partial charge in [-0.05, 0) is 29.1 Å². The second-order valence-electron chi connectivity index (χ2n) is 9.73. The monoisotopic (exact) mass is 528 g/mol. The number of carbonyl (C=O) groups excluding carboxylic acids is 2. The number of azide groups is 1. The smallest absolute Gasteiger partial charge is 0.418 e. The predicted molar refractivity (Wildman–Crippen MR) is 141 cm³/mol. The fraction of sp³-hybridized carbons (Fsp3) is 0.310. The Balaban J connectivity index is 1.58. The Morgan fingerprint density at radius 1 is 1.00 bits per heavy atom. The lowest BCUT2D eigenvalue weighted by molar-refractivity contribution is -0.134. The number of carbonyl (C=O) groups is 2. The van der Waals surface area contributed by atoms with Crippen molar-refractivity contribution in [2.75, 3.05) is 13.2 Å². The molecule has 5 rings (SSSR count). The highest BCUT2D eigenvalue weighted by atomic mass is 16.6. The highest BCUT2D eigenvalue weighted by Gasteiger charge is 2.60. The van der Waals surface area contributed by atoms with Gasteiger partial charge in [0.1, 0.15) is 19.3 Å². The van der Waals surface area contributed by atoms with Crippen LogP contribution < -0.4 is 9.47 Å². The van der Waals surface area contributed by atoms with Gasteiger partial charge in [0.15, 0.2) is 17.1 Å². The number of fused-ring (bicyclic) bond motifs is 1. The summed E-state index contributed by atoms with van der Waals surface area (Å²) < 4.78 is 17.3. The van der Waals surface area contributed by atoms with Crippen LogP contribution in [-0.2, 0) is 15.1 Å². The molecule has 1 fully saturated rings. The first-order valence-electron chi connectivity index (χ1n) is 12.7. The van der Waals surface area contributed by atoms with Crippen LogP contribution in [0.1, 0.15) is 36.6 Å². The largest absolute Gasteiger partial charge is 0.486 e. The van der Waals surface area contributed by atoms with Gasteiger partial charge in [0.05, 0.1) is 12.1 Å². The van der Waals surface area contributed by atoms with Crippen LogP contribution in [0, 0.1) is 5.92 Å². The van der Waals surface area contributed by atoms with Crippen molar-refractivity contribution in [3.05, 3.63) is 106 Å². The van der Waals surface area contributed by atoms with Gasteiger partial charge in [-0.25, -0.2) is 9.69 Å². The van der Waals surface area contributed by atoms with Crippen LogP contribution in [0.15, 0.2) is 84.0 Å². The molecule has 0 aliphatic carbocycles. The van der Waals surface area contributed by atoms with Crippen LogP contribution in [0.5, 0.6) is 11.5 Å². The molecular weight excluding hydrogens is 500 g/mol. The average Bonchev–Trinajstić information content (AvgIpc) is 3.30. The third-order valence-corrected chi connectivity index (χ3v) is 7.05. The first-order chi connectivity index (χ1) is 18.9. The van der Waals surface area contributed by atoms with Gasteiger partial charge in [-0.3, -0.25) is 4.79 Å². The van der Waals surface area contributed by atoms with Crippen molar-refractivity contribution in [1.82, 2.24) is 4.90 Å². The number of benzene rings is 3. The van der Waals surface area contributed by atoms with Crippen molar-refractivity contribution in [2.45, 2.75) is 37.6 Å². The normalized spacial score (nSPS) is 19.1. The summed E-state index contributed by atoms with van der Waals surface area (Å²) in [4.78, 5) is 31.5. The third-order valence-electron chi connectivity index (χ3n) is 7.05. The van der Waals surface area contributed by atoms with E-state index in [1.807, 2.05) is 74.5 Å². The number of aliphatic hydroxyl groups is 1. The quantitative estimate of drug-likeness (QED) is 0.257. The van der Waals surface area contributed by atoms with E-state index in [9.17, 15) is 20.2 Å². The molecule has 3 aromatic rings. The van der Waals surface area contributed by atoms with E-state index in [0.29, 0.717) is 35.8 Å². The first kappa shape index (κ1) is 26.1. The minimum absolute atomic E-state index is 0.274. The number of nitrogens with zero attached hydrogens (tertiary/aromatic N) is 4. The Kier molecular flexibility index (Phi) is 7.15. The molecule has 39 heavy (non-hydrogen) atoms. The molecule has 0 unspecified atom stereocenters. The molecule has 2 aliphatic heterocycles. The van der Waals surface area contributed by atoms with Crippen LogP contribution in [-0.4, -0.2) is 47.3 Å². The fourth-order valence-corrected chi connectivity index (χ4v) is 5.41. The van der Waals surface area contributed by atoms with Gasteiger partial charge in [0.25, 0.3) is 0 Å². The summed E-state index contributed by atoms with van der Waals surface area (Å²) in [5.74, 6) is -0.244. The molecule has 0 spiro atoms. The zero-order chi connectivity index (χ0) is 27.6. The maximum Gasteiger partial charge on any atom is 0.418 e. The molecule has 2 aliphatic rings. The molecular formula is C29H28N4O6. The lowest BCUT2D eigenvalue weighted by atomic mass is 9.75. The molecule has 3 atom stereocenters. The lowest BCUT2D eigenvalue weighted by Crippen LogP contribution is -2.52. The standard InChI is InChI=1S/C29H28N4O6/c1-18(2)26-29(20-9-5-3-6-10-20,21-11-7-4-8-12-21)39-28(36)33(26)27(35)24(31-32-30)25(34)19-13-14-22-23(17-19)38-16-15-37-22/h3-14,17-18,24-26,34H,15-16H2,1-2H3/t24-,25+,26-/m0/s1. The highest BCUT2D eigenvalue weighted by Crippen LogP contribution is 2.48. The SMILES string of the molecule is CC(C)[C@@H]1N(C(=O)[C@@H](N=[N+]=[N-])[C@H](O)c2ccc3c(c2)OCCO3)C(=O)OC1(c1ccccc1)c1ccccc1. The van der Waals surface area contributed by atoms with Crippen LogP contribution in [0.25, 0.3) is 10.4 Å². The molecule has 10 heteroatoms. The van der Waals surface area contributed by atoms with Crippen LogP contribution >= 0.6 is 0 Å². The summed E-state index contributed by atoms with van der Waals surface area (Å²) in [6.45, 7) is 4.50. The summed E-state index contributed by atoms with van der Waals surface area (Å²) in [6, 6.07) is 20.7. The minimum atomic E-state index is -1.64. The number of hydrogen-bond acceptors (Lipinski definition) is 7. The Morgan fingerprint density at radius 2 is 1.59 bits per heavy atom. The van der Waals surface area contributed by atoms with Crippen LogP contribution in [0.2, 0.25) is 0 Å². The van der Waals surface area contributed by atoms with Crippen LogP contribution in [0.3, 0.4) is 0 Å². The molecule has 2 amide bonds. The second kappa shape index (κ2) is 10.7. The van der Waals surface area contributed by atoms with E-state index < -0.39 is 35.8 Å². The van der Waals surface area contributed by atoms with Crippen molar-refractivity contribution >= 4 is 12.0 Å². The minimum Gasteiger partial charge on any atom is -0.486 e. The van der Waals surface area contributed by atoms with E-state index in [0.717, 1.165) is 4.90 Å². The summed E-state index contributed by atoms with van der Waals surface area (Å²) in [5, 5.41) is 14.9. The van der Waals surface area contributed by atoms with E-state index in [1.54, 1.807) is 12.1 Å². The Morgan fingerprint density at radius 3 is 2.15 bits per heavy atom. The third kappa shape index (κ3) is 4.54. The zero-order valence-corrected chi connectivity index (χ0v) is 21.5. The summed E-state index contributed by atoms with van der Waals surface area (Å²) in [7, 11) is 0. The van der Waals surface area contributed by atoms with Gasteiger partial charge in [0, 0.05) is 16.0 Å². The fourth-order valence-electron chi connectivity index (χ4n) is 5.41. The molecule has 3 aromatic carbocycles. The van der Waals surface area contributed by atoms with Gasteiger partial charge >= 0.3 is 6.09 Å². The van der Waals surface area contributed by atoms with Crippen molar-refractivity contribution in [1.29, 1.82) is 0 Å². The predicted octanol–water partition coefficient (Wildman–Crippen LogP) is 5.12. The Labute approximate surface area is 225 Å². The van der Waals surface area contributed by atoms with Gasteiger partial charge in [-0.15, -0.1) is 0 Å². The number of ether oxygens (including phenoxy) is 3. The van der Waals surface area contributed by atoms with E-state index in [4.69, 9.17) is 14.2 Å². The lowest BCUT2D eigenvalue weighted by Gasteiger charge is -2.38. The van der Waals surface area contributed by atoms with E-state index >= 15 is 0 Å². The zero-order valence-electron chi connectivity index (χ0n) is 21.5. The second-order valence-corrected chi connectivity index (χ2v) is 9.73. The number of cyclic esters (lactones) is 1. The number of imide groups is 1. The first-order valence-corrected chi connectivity index (χ1v) is 12.7. The maximum atomic E-state index is 14.1. The highest BCUT2D eigenvalue weighted by molar-refractivity contribution is 5.98.